The first-order chi connectivity index (χ1) is 7.33. The summed E-state index contributed by atoms with van der Waals surface area (Å²) in [6.45, 7) is 1.04. The van der Waals surface area contributed by atoms with Crippen molar-refractivity contribution in [3.63, 3.8) is 0 Å². The maximum absolute atomic E-state index is 4.64. The van der Waals surface area contributed by atoms with E-state index in [1.54, 1.807) is 0 Å². The van der Waals surface area contributed by atoms with E-state index >= 15 is 0 Å². The Balaban J connectivity index is 2.26. The Labute approximate surface area is 96.8 Å². The lowest BCUT2D eigenvalue weighted by Crippen LogP contribution is -2.13. The normalized spacial score (nSPS) is 14.7. The number of rotatable bonds is 0. The minimum Gasteiger partial charge on any atom is -0.370 e. The minimum atomic E-state index is 1.04. The first-order valence-electron chi connectivity index (χ1n) is 5.16. The van der Waals surface area contributed by atoms with Gasteiger partial charge >= 0.3 is 0 Å². The summed E-state index contributed by atoms with van der Waals surface area (Å²) in [4.78, 5) is 4.64. The molecule has 1 aromatic heterocycles. The van der Waals surface area contributed by atoms with Crippen LogP contribution < -0.4 is 5.32 Å². The van der Waals surface area contributed by atoms with E-state index in [1.165, 1.54) is 17.4 Å². The average Bonchev–Trinajstić information content (AvgIpc) is 2.26. The largest absolute Gasteiger partial charge is 0.370 e. The van der Waals surface area contributed by atoms with Crippen molar-refractivity contribution in [1.82, 2.24) is 4.98 Å². The van der Waals surface area contributed by atoms with Crippen LogP contribution in [0.3, 0.4) is 0 Å². The number of anilines is 1. The molecule has 0 aliphatic carbocycles. The summed E-state index contributed by atoms with van der Waals surface area (Å²) in [7, 11) is 0. The van der Waals surface area contributed by atoms with Gasteiger partial charge in [-0.05, 0) is 36.6 Å². The van der Waals surface area contributed by atoms with Crippen LogP contribution >= 0.6 is 15.9 Å². The highest BCUT2D eigenvalue weighted by Crippen LogP contribution is 2.26. The molecule has 1 N–H and O–H groups in total. The molecule has 0 unspecified atom stereocenters. The van der Waals surface area contributed by atoms with Gasteiger partial charge in [0.05, 0.1) is 5.52 Å². The summed E-state index contributed by atoms with van der Waals surface area (Å²) < 4.78 is 1.08. The molecular formula is C12H11BrN2. The summed E-state index contributed by atoms with van der Waals surface area (Å²) >= 11 is 3.47. The Kier molecular flexibility index (Phi) is 2.13. The molecule has 1 aliphatic rings. The number of aromatic nitrogens is 1. The third-order valence-electron chi connectivity index (χ3n) is 2.77. The molecule has 2 nitrogen and oxygen atoms in total. The van der Waals surface area contributed by atoms with E-state index in [0.29, 0.717) is 0 Å². The summed E-state index contributed by atoms with van der Waals surface area (Å²) in [5, 5.41) is 4.57. The highest BCUT2D eigenvalue weighted by molar-refractivity contribution is 9.10. The second-order valence-electron chi connectivity index (χ2n) is 3.86. The van der Waals surface area contributed by atoms with Gasteiger partial charge in [-0.1, -0.05) is 22.0 Å². The zero-order valence-corrected chi connectivity index (χ0v) is 9.84. The van der Waals surface area contributed by atoms with Crippen LogP contribution in [-0.4, -0.2) is 11.5 Å². The van der Waals surface area contributed by atoms with Crippen molar-refractivity contribution in [1.29, 1.82) is 0 Å². The highest BCUT2D eigenvalue weighted by atomic mass is 79.9. The Hall–Kier alpha value is -1.09. The number of benzene rings is 1. The van der Waals surface area contributed by atoms with Gasteiger partial charge in [0.1, 0.15) is 5.82 Å². The van der Waals surface area contributed by atoms with Gasteiger partial charge < -0.3 is 5.32 Å². The third kappa shape index (κ3) is 1.61. The summed E-state index contributed by atoms with van der Waals surface area (Å²) in [6.07, 6.45) is 2.35. The smallest absolute Gasteiger partial charge is 0.129 e. The number of nitrogens with one attached hydrogen (secondary N) is 1. The van der Waals surface area contributed by atoms with E-state index in [0.717, 1.165) is 28.8 Å². The van der Waals surface area contributed by atoms with Crippen molar-refractivity contribution in [3.05, 3.63) is 34.3 Å². The standard InChI is InChI=1S/C12H11BrN2/c13-10-4-3-8-6-9-2-1-5-14-12(9)15-11(8)7-10/h3-4,6-7H,1-2,5H2,(H,14,15). The van der Waals surface area contributed by atoms with Crippen molar-refractivity contribution in [3.8, 4) is 0 Å². The molecule has 2 heterocycles. The van der Waals surface area contributed by atoms with Gasteiger partial charge in [0.15, 0.2) is 0 Å². The van der Waals surface area contributed by atoms with Gasteiger partial charge in [0, 0.05) is 16.4 Å². The van der Waals surface area contributed by atoms with Crippen LogP contribution in [0.15, 0.2) is 28.7 Å². The Bertz CT molecular complexity index is 522. The summed E-state index contributed by atoms with van der Waals surface area (Å²) in [5.74, 6) is 1.06. The van der Waals surface area contributed by atoms with Crippen molar-refractivity contribution in [2.24, 2.45) is 0 Å². The molecule has 0 fully saturated rings. The number of hydrogen-bond acceptors (Lipinski definition) is 2. The summed E-state index contributed by atoms with van der Waals surface area (Å²) in [6, 6.07) is 8.48. The number of pyridine rings is 1. The van der Waals surface area contributed by atoms with E-state index in [1.807, 2.05) is 0 Å². The fraction of sp³-hybridized carbons (Fsp3) is 0.250. The second kappa shape index (κ2) is 3.49. The lowest BCUT2D eigenvalue weighted by atomic mass is 10.0. The highest BCUT2D eigenvalue weighted by Gasteiger charge is 2.10. The fourth-order valence-corrected chi connectivity index (χ4v) is 2.36. The van der Waals surface area contributed by atoms with E-state index in [9.17, 15) is 0 Å². The quantitative estimate of drug-likeness (QED) is 0.788. The molecule has 2 aromatic rings. The topological polar surface area (TPSA) is 24.9 Å². The SMILES string of the molecule is Brc1ccc2cc3c(nc2c1)NCCC3. The number of nitrogens with zero attached hydrogens (tertiary/aromatic N) is 1. The van der Waals surface area contributed by atoms with E-state index in [2.05, 4.69) is 50.5 Å². The van der Waals surface area contributed by atoms with E-state index in [-0.39, 0.29) is 0 Å². The molecular weight excluding hydrogens is 252 g/mol. The van der Waals surface area contributed by atoms with Crippen LogP contribution in [0, 0.1) is 0 Å². The van der Waals surface area contributed by atoms with Gasteiger partial charge in [-0.25, -0.2) is 4.98 Å². The van der Waals surface area contributed by atoms with Crippen LogP contribution in [0.25, 0.3) is 10.9 Å². The molecule has 1 aliphatic heterocycles. The Morgan fingerprint density at radius 3 is 3.13 bits per heavy atom. The average molecular weight is 263 g/mol. The van der Waals surface area contributed by atoms with Crippen LogP contribution in [0.4, 0.5) is 5.82 Å². The number of halogens is 1. The molecule has 0 amide bonds. The van der Waals surface area contributed by atoms with E-state index < -0.39 is 0 Å². The molecule has 0 saturated heterocycles. The first-order valence-corrected chi connectivity index (χ1v) is 5.95. The van der Waals surface area contributed by atoms with Gasteiger partial charge in [-0.15, -0.1) is 0 Å². The third-order valence-corrected chi connectivity index (χ3v) is 3.27. The molecule has 76 valence electrons. The number of aryl methyl sites for hydroxylation is 1. The van der Waals surface area contributed by atoms with E-state index in [4.69, 9.17) is 0 Å². The molecule has 3 heteroatoms. The predicted octanol–water partition coefficient (Wildman–Crippen LogP) is 3.36. The maximum Gasteiger partial charge on any atom is 0.129 e. The molecule has 15 heavy (non-hydrogen) atoms. The zero-order valence-electron chi connectivity index (χ0n) is 8.26. The summed E-state index contributed by atoms with van der Waals surface area (Å²) in [5.41, 5.74) is 2.40. The predicted molar refractivity (Wildman–Crippen MR) is 66.3 cm³/mol. The Morgan fingerprint density at radius 1 is 1.27 bits per heavy atom. The molecule has 0 saturated carbocycles. The zero-order chi connectivity index (χ0) is 10.3. The maximum atomic E-state index is 4.64. The molecule has 1 aromatic carbocycles. The van der Waals surface area contributed by atoms with Crippen molar-refractivity contribution in [2.45, 2.75) is 12.8 Å². The molecule has 3 rings (SSSR count). The van der Waals surface area contributed by atoms with Crippen LogP contribution in [0.5, 0.6) is 0 Å². The molecule has 0 radical (unpaired) electrons. The van der Waals surface area contributed by atoms with Crippen molar-refractivity contribution >= 4 is 32.7 Å². The van der Waals surface area contributed by atoms with Gasteiger partial charge in [0.25, 0.3) is 0 Å². The van der Waals surface area contributed by atoms with Gasteiger partial charge in [-0.2, -0.15) is 0 Å². The monoisotopic (exact) mass is 262 g/mol. The van der Waals surface area contributed by atoms with Crippen molar-refractivity contribution in [2.75, 3.05) is 11.9 Å². The minimum absolute atomic E-state index is 1.04. The van der Waals surface area contributed by atoms with Crippen LogP contribution in [0.1, 0.15) is 12.0 Å². The lowest BCUT2D eigenvalue weighted by molar-refractivity contribution is 0.821. The number of fused-ring (bicyclic) bond motifs is 2. The van der Waals surface area contributed by atoms with Crippen LogP contribution in [-0.2, 0) is 6.42 Å². The van der Waals surface area contributed by atoms with Crippen molar-refractivity contribution < 1.29 is 0 Å². The molecule has 0 atom stereocenters. The van der Waals surface area contributed by atoms with Gasteiger partial charge in [-0.3, -0.25) is 0 Å². The first kappa shape index (κ1) is 9.16. The molecule has 0 spiro atoms. The van der Waals surface area contributed by atoms with Gasteiger partial charge in [0.2, 0.25) is 0 Å². The number of hydrogen-bond donors (Lipinski definition) is 1. The second-order valence-corrected chi connectivity index (χ2v) is 4.78. The lowest BCUT2D eigenvalue weighted by Gasteiger charge is -2.17. The fourth-order valence-electron chi connectivity index (χ4n) is 2.01. The van der Waals surface area contributed by atoms with Crippen LogP contribution in [0.2, 0.25) is 0 Å². The molecule has 0 bridgehead atoms. The Morgan fingerprint density at radius 2 is 2.20 bits per heavy atom.